The van der Waals surface area contributed by atoms with E-state index in [9.17, 15) is 18.0 Å². The van der Waals surface area contributed by atoms with Crippen molar-refractivity contribution < 1.29 is 22.7 Å². The summed E-state index contributed by atoms with van der Waals surface area (Å²) in [7, 11) is 1.57. The summed E-state index contributed by atoms with van der Waals surface area (Å²) in [6.07, 6.45) is -4.41. The molecule has 0 aliphatic heterocycles. The van der Waals surface area contributed by atoms with E-state index in [-0.39, 0.29) is 0 Å². The molecule has 2 rings (SSSR count). The van der Waals surface area contributed by atoms with E-state index < -0.39 is 24.5 Å². The third-order valence-corrected chi connectivity index (χ3v) is 3.43. The van der Waals surface area contributed by atoms with Crippen molar-refractivity contribution in [2.24, 2.45) is 0 Å². The summed E-state index contributed by atoms with van der Waals surface area (Å²) in [5.74, 6) is -0.588. The molecule has 3 nitrogen and oxygen atoms in total. The summed E-state index contributed by atoms with van der Waals surface area (Å²) in [6.45, 7) is 0.261. The number of benzene rings is 2. The highest BCUT2D eigenvalue weighted by Crippen LogP contribution is 2.25. The van der Waals surface area contributed by atoms with Crippen molar-refractivity contribution in [3.8, 4) is 5.75 Å². The van der Waals surface area contributed by atoms with Gasteiger partial charge in [0.2, 0.25) is 5.91 Å². The minimum atomic E-state index is -4.41. The van der Waals surface area contributed by atoms with E-state index >= 15 is 0 Å². The predicted octanol–water partition coefficient (Wildman–Crippen LogP) is 3.63. The summed E-state index contributed by atoms with van der Waals surface area (Å²) < 4.78 is 41.5. The average Bonchev–Trinajstić information content (AvgIpc) is 2.50. The summed E-state index contributed by atoms with van der Waals surface area (Å²) in [6, 6.07) is 10.8. The molecule has 6 heteroatoms. The van der Waals surface area contributed by atoms with Crippen LogP contribution in [0.3, 0.4) is 0 Å². The Morgan fingerprint density at radius 3 is 2.45 bits per heavy atom. The van der Waals surface area contributed by atoms with Gasteiger partial charge in [0.05, 0.1) is 13.0 Å². The van der Waals surface area contributed by atoms with Gasteiger partial charge in [0, 0.05) is 0 Å². The third kappa shape index (κ3) is 3.90. The second-order valence-corrected chi connectivity index (χ2v) is 5.03. The first-order valence-corrected chi connectivity index (χ1v) is 6.72. The van der Waals surface area contributed by atoms with Crippen LogP contribution in [0, 0.1) is 0 Å². The van der Waals surface area contributed by atoms with Gasteiger partial charge in [0.1, 0.15) is 12.3 Å². The largest absolute Gasteiger partial charge is 0.497 e. The number of carbonyl (C=O) groups is 1. The molecule has 0 radical (unpaired) electrons. The normalized spacial score (nSPS) is 13.0. The molecule has 0 aliphatic rings. The van der Waals surface area contributed by atoms with Crippen molar-refractivity contribution in [3.05, 3.63) is 42.0 Å². The van der Waals surface area contributed by atoms with Crippen LogP contribution in [0.15, 0.2) is 36.4 Å². The number of hydrogen-bond donors (Lipinski definition) is 1. The Morgan fingerprint density at radius 2 is 1.82 bits per heavy atom. The van der Waals surface area contributed by atoms with Gasteiger partial charge >= 0.3 is 6.18 Å². The summed E-state index contributed by atoms with van der Waals surface area (Å²) in [5.41, 5.74) is 0.664. The van der Waals surface area contributed by atoms with Crippen LogP contribution in [0.1, 0.15) is 18.4 Å². The lowest BCUT2D eigenvalue weighted by atomic mass is 9.97. The topological polar surface area (TPSA) is 38.3 Å². The molecule has 1 amide bonds. The fraction of sp³-hybridized carbons (Fsp3) is 0.312. The second kappa shape index (κ2) is 6.25. The van der Waals surface area contributed by atoms with E-state index in [1.165, 1.54) is 0 Å². The molecule has 0 bridgehead atoms. The van der Waals surface area contributed by atoms with Crippen molar-refractivity contribution in [1.29, 1.82) is 0 Å². The lowest BCUT2D eigenvalue weighted by molar-refractivity contribution is -0.139. The molecular formula is C16H16F3NO2. The quantitative estimate of drug-likeness (QED) is 0.936. The Labute approximate surface area is 126 Å². The molecule has 2 aromatic carbocycles. The van der Waals surface area contributed by atoms with Crippen LogP contribution >= 0.6 is 0 Å². The molecule has 1 unspecified atom stereocenters. The van der Waals surface area contributed by atoms with E-state index in [4.69, 9.17) is 4.74 Å². The Balaban J connectivity index is 2.17. The molecule has 118 valence electrons. The highest BCUT2D eigenvalue weighted by molar-refractivity contribution is 5.88. The second-order valence-electron chi connectivity index (χ2n) is 5.03. The van der Waals surface area contributed by atoms with Crippen LogP contribution in [-0.2, 0) is 4.79 Å². The number of hydrogen-bond acceptors (Lipinski definition) is 2. The number of ether oxygens (including phenoxy) is 1. The number of methoxy groups -OCH3 is 1. The first-order valence-electron chi connectivity index (χ1n) is 6.72. The molecule has 0 saturated carbocycles. The standard InChI is InChI=1S/C16H16F3NO2/c1-10(15(21)20-9-16(17,18)19)11-3-4-13-8-14(22-2)6-5-12(13)7-11/h3-8,10H,9H2,1-2H3,(H,20,21). The van der Waals surface area contributed by atoms with Crippen molar-refractivity contribution >= 4 is 16.7 Å². The van der Waals surface area contributed by atoms with Crippen molar-refractivity contribution in [1.82, 2.24) is 5.32 Å². The van der Waals surface area contributed by atoms with Crippen molar-refractivity contribution in [3.63, 3.8) is 0 Å². The third-order valence-electron chi connectivity index (χ3n) is 3.43. The number of rotatable bonds is 4. The predicted molar refractivity (Wildman–Crippen MR) is 78.0 cm³/mol. The van der Waals surface area contributed by atoms with Gasteiger partial charge < -0.3 is 10.1 Å². The molecule has 0 spiro atoms. The van der Waals surface area contributed by atoms with Gasteiger partial charge in [-0.3, -0.25) is 4.79 Å². The maximum Gasteiger partial charge on any atom is 0.405 e. The summed E-state index contributed by atoms with van der Waals surface area (Å²) >= 11 is 0. The minimum Gasteiger partial charge on any atom is -0.497 e. The molecule has 0 heterocycles. The Hall–Kier alpha value is -2.24. The van der Waals surface area contributed by atoms with Crippen molar-refractivity contribution in [2.75, 3.05) is 13.7 Å². The van der Waals surface area contributed by atoms with E-state index in [0.717, 1.165) is 16.5 Å². The first-order chi connectivity index (χ1) is 10.3. The fourth-order valence-electron chi connectivity index (χ4n) is 2.13. The van der Waals surface area contributed by atoms with Crippen molar-refractivity contribution in [2.45, 2.75) is 19.0 Å². The number of amides is 1. The highest BCUT2D eigenvalue weighted by Gasteiger charge is 2.29. The maximum absolute atomic E-state index is 12.1. The molecule has 0 saturated heterocycles. The summed E-state index contributed by atoms with van der Waals surface area (Å²) in [4.78, 5) is 11.8. The molecular weight excluding hydrogens is 295 g/mol. The van der Waals surface area contributed by atoms with Gasteiger partial charge in [-0.25, -0.2) is 0 Å². The van der Waals surface area contributed by atoms with Gasteiger partial charge in [0.15, 0.2) is 0 Å². The lowest BCUT2D eigenvalue weighted by Gasteiger charge is -2.14. The SMILES string of the molecule is COc1ccc2cc(C(C)C(=O)NCC(F)(F)F)ccc2c1. The van der Waals surface area contributed by atoms with Crippen LogP contribution in [0.5, 0.6) is 5.75 Å². The fourth-order valence-corrected chi connectivity index (χ4v) is 2.13. The van der Waals surface area contributed by atoms with Gasteiger partial charge in [-0.05, 0) is 35.4 Å². The zero-order chi connectivity index (χ0) is 16.3. The molecule has 2 aromatic rings. The smallest absolute Gasteiger partial charge is 0.405 e. The zero-order valence-corrected chi connectivity index (χ0v) is 12.2. The minimum absolute atomic E-state index is 0.648. The van der Waals surface area contributed by atoms with Gasteiger partial charge in [0.25, 0.3) is 0 Å². The molecule has 0 aliphatic carbocycles. The Morgan fingerprint density at radius 1 is 1.18 bits per heavy atom. The van der Waals surface area contributed by atoms with Gasteiger partial charge in [-0.2, -0.15) is 13.2 Å². The molecule has 22 heavy (non-hydrogen) atoms. The average molecular weight is 311 g/mol. The van der Waals surface area contributed by atoms with Gasteiger partial charge in [-0.15, -0.1) is 0 Å². The van der Waals surface area contributed by atoms with E-state index in [0.29, 0.717) is 5.56 Å². The lowest BCUT2D eigenvalue weighted by Crippen LogP contribution is -2.36. The van der Waals surface area contributed by atoms with E-state index in [1.807, 2.05) is 23.5 Å². The maximum atomic E-state index is 12.1. The van der Waals surface area contributed by atoms with Crippen LogP contribution in [0.25, 0.3) is 10.8 Å². The van der Waals surface area contributed by atoms with E-state index in [1.54, 1.807) is 32.2 Å². The molecule has 1 N–H and O–H groups in total. The highest BCUT2D eigenvalue weighted by atomic mass is 19.4. The molecule has 0 aromatic heterocycles. The number of carbonyl (C=O) groups excluding carboxylic acids is 1. The number of fused-ring (bicyclic) bond motifs is 1. The van der Waals surface area contributed by atoms with Crippen LogP contribution in [-0.4, -0.2) is 25.7 Å². The summed E-state index contributed by atoms with van der Waals surface area (Å²) in [5, 5.41) is 3.74. The molecule has 0 fully saturated rings. The number of halogens is 3. The Kier molecular flexibility index (Phi) is 4.59. The zero-order valence-electron chi connectivity index (χ0n) is 12.2. The Bertz CT molecular complexity index is 683. The first kappa shape index (κ1) is 16.1. The van der Waals surface area contributed by atoms with Gasteiger partial charge in [-0.1, -0.05) is 24.3 Å². The number of alkyl halides is 3. The van der Waals surface area contributed by atoms with E-state index in [2.05, 4.69) is 0 Å². The van der Waals surface area contributed by atoms with Crippen LogP contribution < -0.4 is 10.1 Å². The monoisotopic (exact) mass is 311 g/mol. The molecule has 1 atom stereocenters. The number of nitrogens with one attached hydrogen (secondary N) is 1. The van der Waals surface area contributed by atoms with Crippen LogP contribution in [0.4, 0.5) is 13.2 Å². The van der Waals surface area contributed by atoms with Crippen LogP contribution in [0.2, 0.25) is 0 Å².